The molecule has 2 rings (SSSR count). The van der Waals surface area contributed by atoms with Crippen molar-refractivity contribution in [3.63, 3.8) is 0 Å². The van der Waals surface area contributed by atoms with E-state index < -0.39 is 11.7 Å². The first-order valence-electron chi connectivity index (χ1n) is 7.07. The van der Waals surface area contributed by atoms with Gasteiger partial charge in [0.05, 0.1) is 12.7 Å². The van der Waals surface area contributed by atoms with Gasteiger partial charge in [0.15, 0.2) is 0 Å². The van der Waals surface area contributed by atoms with E-state index in [1.165, 1.54) is 25.3 Å². The number of para-hydroxylation sites is 1. The zero-order valence-corrected chi connectivity index (χ0v) is 12.6. The Morgan fingerprint density at radius 3 is 2.39 bits per heavy atom. The predicted octanol–water partition coefficient (Wildman–Crippen LogP) is 1.99. The first-order chi connectivity index (χ1) is 11.1. The fraction of sp³-hybridized carbons (Fsp3) is 0.176. The molecule has 0 saturated heterocycles. The molecular weight excluding hydrogens is 299 g/mol. The Kier molecular flexibility index (Phi) is 5.68. The lowest BCUT2D eigenvalue weighted by molar-refractivity contribution is 0.0926. The molecule has 0 atom stereocenters. The van der Waals surface area contributed by atoms with Gasteiger partial charge in [-0.3, -0.25) is 9.59 Å². The summed E-state index contributed by atoms with van der Waals surface area (Å²) in [6, 6.07) is 12.3. The van der Waals surface area contributed by atoms with Gasteiger partial charge in [0.2, 0.25) is 0 Å². The van der Waals surface area contributed by atoms with Gasteiger partial charge in [0.1, 0.15) is 11.6 Å². The molecule has 2 aromatic carbocycles. The maximum absolute atomic E-state index is 13.0. The van der Waals surface area contributed by atoms with Gasteiger partial charge in [-0.15, -0.1) is 0 Å². The van der Waals surface area contributed by atoms with Crippen molar-refractivity contribution in [3.05, 3.63) is 65.5 Å². The third-order valence-corrected chi connectivity index (χ3v) is 3.13. The number of nitrogens with one attached hydrogen (secondary N) is 2. The molecule has 2 aromatic rings. The highest BCUT2D eigenvalue weighted by atomic mass is 19.1. The lowest BCUT2D eigenvalue weighted by Gasteiger charge is -2.09. The van der Waals surface area contributed by atoms with Crippen LogP contribution in [-0.4, -0.2) is 32.0 Å². The first kappa shape index (κ1) is 16.5. The second kappa shape index (κ2) is 7.93. The number of rotatable bonds is 6. The maximum atomic E-state index is 13.0. The van der Waals surface area contributed by atoms with Gasteiger partial charge in [0, 0.05) is 18.7 Å². The predicted molar refractivity (Wildman–Crippen MR) is 84.1 cm³/mol. The number of amides is 2. The van der Waals surface area contributed by atoms with E-state index in [0.29, 0.717) is 11.3 Å². The Hall–Kier alpha value is -2.89. The van der Waals surface area contributed by atoms with Gasteiger partial charge in [0.25, 0.3) is 11.8 Å². The van der Waals surface area contributed by atoms with Crippen LogP contribution in [0.25, 0.3) is 0 Å². The van der Waals surface area contributed by atoms with Crippen molar-refractivity contribution in [1.82, 2.24) is 10.6 Å². The standard InChI is InChI=1S/C17H17FN2O3/c1-23-15-8-3-2-7-14(15)17(22)20-10-9-19-16(21)12-5-4-6-13(18)11-12/h2-8,11H,9-10H2,1H3,(H,19,21)(H,20,22). The van der Waals surface area contributed by atoms with Crippen molar-refractivity contribution >= 4 is 11.8 Å². The molecule has 0 aliphatic carbocycles. The van der Waals surface area contributed by atoms with Gasteiger partial charge in [-0.25, -0.2) is 4.39 Å². The number of ether oxygens (including phenoxy) is 1. The first-order valence-corrected chi connectivity index (χ1v) is 7.07. The van der Waals surface area contributed by atoms with Crippen LogP contribution in [0.1, 0.15) is 20.7 Å². The molecule has 2 N–H and O–H groups in total. The van der Waals surface area contributed by atoms with E-state index in [1.54, 1.807) is 24.3 Å². The Bertz CT molecular complexity index is 704. The van der Waals surface area contributed by atoms with Crippen LogP contribution in [0.5, 0.6) is 5.75 Å². The molecule has 0 bridgehead atoms. The third kappa shape index (κ3) is 4.54. The largest absolute Gasteiger partial charge is 0.496 e. The van der Waals surface area contributed by atoms with Crippen LogP contribution in [0.4, 0.5) is 4.39 Å². The average molecular weight is 316 g/mol. The number of methoxy groups -OCH3 is 1. The molecule has 0 radical (unpaired) electrons. The zero-order valence-electron chi connectivity index (χ0n) is 12.6. The lowest BCUT2D eigenvalue weighted by atomic mass is 10.2. The van der Waals surface area contributed by atoms with E-state index in [-0.39, 0.29) is 24.6 Å². The zero-order chi connectivity index (χ0) is 16.7. The molecule has 120 valence electrons. The van der Waals surface area contributed by atoms with E-state index in [9.17, 15) is 14.0 Å². The Labute approximate surface area is 133 Å². The van der Waals surface area contributed by atoms with Gasteiger partial charge in [-0.05, 0) is 30.3 Å². The van der Waals surface area contributed by atoms with E-state index >= 15 is 0 Å². The topological polar surface area (TPSA) is 67.4 Å². The SMILES string of the molecule is COc1ccccc1C(=O)NCCNC(=O)c1cccc(F)c1. The number of benzene rings is 2. The van der Waals surface area contributed by atoms with Crippen molar-refractivity contribution < 1.29 is 18.7 Å². The summed E-state index contributed by atoms with van der Waals surface area (Å²) in [7, 11) is 1.49. The molecule has 6 heteroatoms. The van der Waals surface area contributed by atoms with Crippen LogP contribution < -0.4 is 15.4 Å². The van der Waals surface area contributed by atoms with Crippen LogP contribution in [0.3, 0.4) is 0 Å². The second-order valence-electron chi connectivity index (χ2n) is 4.72. The summed E-state index contributed by atoms with van der Waals surface area (Å²) >= 11 is 0. The quantitative estimate of drug-likeness (QED) is 0.801. The summed E-state index contributed by atoms with van der Waals surface area (Å²) in [5.74, 6) is -0.672. The average Bonchev–Trinajstić information content (AvgIpc) is 2.58. The minimum Gasteiger partial charge on any atom is -0.496 e. The third-order valence-electron chi connectivity index (χ3n) is 3.13. The van der Waals surface area contributed by atoms with Gasteiger partial charge in [-0.1, -0.05) is 18.2 Å². The summed E-state index contributed by atoms with van der Waals surface area (Å²) in [5.41, 5.74) is 0.660. The van der Waals surface area contributed by atoms with E-state index in [4.69, 9.17) is 4.74 Å². The monoisotopic (exact) mass is 316 g/mol. The molecule has 2 amide bonds. The molecule has 0 spiro atoms. The molecule has 0 fully saturated rings. The molecule has 0 saturated carbocycles. The van der Waals surface area contributed by atoms with Crippen LogP contribution in [0, 0.1) is 5.82 Å². The lowest BCUT2D eigenvalue weighted by Crippen LogP contribution is -2.34. The van der Waals surface area contributed by atoms with E-state index in [0.717, 1.165) is 6.07 Å². The van der Waals surface area contributed by atoms with Crippen LogP contribution in [0.15, 0.2) is 48.5 Å². The number of hydrogen-bond acceptors (Lipinski definition) is 3. The molecule has 0 unspecified atom stereocenters. The molecule has 5 nitrogen and oxygen atoms in total. The Morgan fingerprint density at radius 1 is 1.00 bits per heavy atom. The smallest absolute Gasteiger partial charge is 0.255 e. The van der Waals surface area contributed by atoms with Crippen molar-refractivity contribution in [2.45, 2.75) is 0 Å². The van der Waals surface area contributed by atoms with Crippen molar-refractivity contribution in [1.29, 1.82) is 0 Å². The summed E-state index contributed by atoms with van der Waals surface area (Å²) in [5, 5.41) is 5.29. The van der Waals surface area contributed by atoms with E-state index in [2.05, 4.69) is 10.6 Å². The number of halogens is 1. The number of carbonyl (C=O) groups is 2. The highest BCUT2D eigenvalue weighted by Crippen LogP contribution is 2.16. The highest BCUT2D eigenvalue weighted by Gasteiger charge is 2.11. The highest BCUT2D eigenvalue weighted by molar-refractivity contribution is 5.97. The summed E-state index contributed by atoms with van der Waals surface area (Å²) in [4.78, 5) is 23.8. The fourth-order valence-electron chi connectivity index (χ4n) is 2.01. The van der Waals surface area contributed by atoms with Gasteiger partial charge in [-0.2, -0.15) is 0 Å². The van der Waals surface area contributed by atoms with Gasteiger partial charge < -0.3 is 15.4 Å². The fourth-order valence-corrected chi connectivity index (χ4v) is 2.01. The summed E-state index contributed by atoms with van der Waals surface area (Å²) < 4.78 is 18.1. The summed E-state index contributed by atoms with van der Waals surface area (Å²) in [6.45, 7) is 0.480. The summed E-state index contributed by atoms with van der Waals surface area (Å²) in [6.07, 6.45) is 0. The van der Waals surface area contributed by atoms with Crippen LogP contribution in [0.2, 0.25) is 0 Å². The molecule has 0 aliphatic rings. The van der Waals surface area contributed by atoms with Crippen molar-refractivity contribution in [2.75, 3.05) is 20.2 Å². The Morgan fingerprint density at radius 2 is 1.70 bits per heavy atom. The molecule has 23 heavy (non-hydrogen) atoms. The second-order valence-corrected chi connectivity index (χ2v) is 4.72. The number of hydrogen-bond donors (Lipinski definition) is 2. The maximum Gasteiger partial charge on any atom is 0.255 e. The Balaban J connectivity index is 1.81. The van der Waals surface area contributed by atoms with Gasteiger partial charge >= 0.3 is 0 Å². The molecule has 0 heterocycles. The molecular formula is C17H17FN2O3. The minimum absolute atomic E-state index is 0.232. The van der Waals surface area contributed by atoms with Crippen LogP contribution in [-0.2, 0) is 0 Å². The minimum atomic E-state index is -0.470. The van der Waals surface area contributed by atoms with Crippen molar-refractivity contribution in [3.8, 4) is 5.75 Å². The molecule has 0 aromatic heterocycles. The number of carbonyl (C=O) groups excluding carboxylic acids is 2. The van der Waals surface area contributed by atoms with E-state index in [1.807, 2.05) is 0 Å². The normalized spacial score (nSPS) is 10.0. The van der Waals surface area contributed by atoms with Crippen LogP contribution >= 0.6 is 0 Å². The van der Waals surface area contributed by atoms with Crippen molar-refractivity contribution in [2.24, 2.45) is 0 Å². The molecule has 0 aliphatic heterocycles.